The highest BCUT2D eigenvalue weighted by molar-refractivity contribution is 7.22. The van der Waals surface area contributed by atoms with Gasteiger partial charge in [-0.3, -0.25) is 10.1 Å². The lowest BCUT2D eigenvalue weighted by molar-refractivity contribution is -0.118. The van der Waals surface area contributed by atoms with Crippen LogP contribution in [0.1, 0.15) is 5.56 Å². The second kappa shape index (κ2) is 6.11. The summed E-state index contributed by atoms with van der Waals surface area (Å²) in [4.78, 5) is 16.1. The Labute approximate surface area is 130 Å². The Hall–Kier alpha value is -2.47. The van der Waals surface area contributed by atoms with Crippen molar-refractivity contribution in [3.63, 3.8) is 0 Å². The number of anilines is 1. The minimum absolute atomic E-state index is 0.102. The maximum atomic E-state index is 13.1. The van der Waals surface area contributed by atoms with Crippen molar-refractivity contribution in [1.82, 2.24) is 4.98 Å². The van der Waals surface area contributed by atoms with Gasteiger partial charge in [0.15, 0.2) is 11.7 Å². The molecule has 3 aromatic rings. The lowest BCUT2D eigenvalue weighted by Gasteiger charge is -2.07. The van der Waals surface area contributed by atoms with E-state index in [0.717, 1.165) is 5.56 Å². The summed E-state index contributed by atoms with van der Waals surface area (Å²) in [6.07, 6.45) is 0. The molecule has 0 bridgehead atoms. The SMILES string of the molecule is Cc1ccccc1OCC(=O)Nc1nc2ccc(F)cc2s1. The Balaban J connectivity index is 1.64. The summed E-state index contributed by atoms with van der Waals surface area (Å²) < 4.78 is 19.3. The number of hydrogen-bond acceptors (Lipinski definition) is 4. The number of halogens is 1. The fourth-order valence-electron chi connectivity index (χ4n) is 1.97. The molecule has 3 rings (SSSR count). The van der Waals surface area contributed by atoms with E-state index in [4.69, 9.17) is 4.74 Å². The van der Waals surface area contributed by atoms with Gasteiger partial charge in [0.2, 0.25) is 0 Å². The summed E-state index contributed by atoms with van der Waals surface area (Å²) in [7, 11) is 0. The summed E-state index contributed by atoms with van der Waals surface area (Å²) in [5.41, 5.74) is 1.62. The zero-order chi connectivity index (χ0) is 15.5. The van der Waals surface area contributed by atoms with Gasteiger partial charge in [-0.2, -0.15) is 0 Å². The van der Waals surface area contributed by atoms with Crippen LogP contribution in [0.4, 0.5) is 9.52 Å². The third-order valence-corrected chi connectivity index (χ3v) is 3.98. The van der Waals surface area contributed by atoms with Gasteiger partial charge >= 0.3 is 0 Å². The molecule has 0 atom stereocenters. The van der Waals surface area contributed by atoms with Crippen LogP contribution in [0.3, 0.4) is 0 Å². The fourth-order valence-corrected chi connectivity index (χ4v) is 2.88. The van der Waals surface area contributed by atoms with Crippen LogP contribution in [0.25, 0.3) is 10.2 Å². The van der Waals surface area contributed by atoms with E-state index in [2.05, 4.69) is 10.3 Å². The average Bonchev–Trinajstić information content (AvgIpc) is 2.87. The van der Waals surface area contributed by atoms with Crippen molar-refractivity contribution >= 4 is 32.6 Å². The molecule has 0 spiro atoms. The van der Waals surface area contributed by atoms with E-state index in [1.165, 1.54) is 23.5 Å². The number of carbonyl (C=O) groups is 1. The molecule has 0 radical (unpaired) electrons. The minimum atomic E-state index is -0.322. The molecular weight excluding hydrogens is 303 g/mol. The van der Waals surface area contributed by atoms with Crippen LogP contribution < -0.4 is 10.1 Å². The first kappa shape index (κ1) is 14.5. The minimum Gasteiger partial charge on any atom is -0.483 e. The average molecular weight is 316 g/mol. The van der Waals surface area contributed by atoms with E-state index in [0.29, 0.717) is 21.1 Å². The molecule has 0 unspecified atom stereocenters. The van der Waals surface area contributed by atoms with Crippen molar-refractivity contribution in [2.75, 3.05) is 11.9 Å². The molecule has 2 aromatic carbocycles. The third-order valence-electron chi connectivity index (χ3n) is 3.05. The number of rotatable bonds is 4. The Morgan fingerprint density at radius 1 is 1.32 bits per heavy atom. The van der Waals surface area contributed by atoms with Crippen molar-refractivity contribution < 1.29 is 13.9 Å². The molecule has 0 saturated carbocycles. The monoisotopic (exact) mass is 316 g/mol. The number of aromatic nitrogens is 1. The lowest BCUT2D eigenvalue weighted by Crippen LogP contribution is -2.20. The molecule has 1 amide bonds. The second-order valence-corrected chi connectivity index (χ2v) is 5.76. The molecule has 0 saturated heterocycles. The molecule has 0 aliphatic heterocycles. The third kappa shape index (κ3) is 3.23. The second-order valence-electron chi connectivity index (χ2n) is 4.73. The molecular formula is C16H13FN2O2S. The van der Waals surface area contributed by atoms with E-state index in [9.17, 15) is 9.18 Å². The summed E-state index contributed by atoms with van der Waals surface area (Å²) in [6.45, 7) is 1.81. The number of nitrogens with zero attached hydrogens (tertiary/aromatic N) is 1. The van der Waals surface area contributed by atoms with Gasteiger partial charge in [-0.1, -0.05) is 29.5 Å². The smallest absolute Gasteiger partial charge is 0.264 e. The van der Waals surface area contributed by atoms with Gasteiger partial charge in [0.05, 0.1) is 10.2 Å². The number of nitrogens with one attached hydrogen (secondary N) is 1. The molecule has 0 fully saturated rings. The molecule has 1 heterocycles. The van der Waals surface area contributed by atoms with E-state index in [1.807, 2.05) is 31.2 Å². The van der Waals surface area contributed by atoms with Gasteiger partial charge < -0.3 is 4.74 Å². The van der Waals surface area contributed by atoms with Crippen LogP contribution in [-0.2, 0) is 4.79 Å². The normalized spacial score (nSPS) is 10.6. The predicted octanol–water partition coefficient (Wildman–Crippen LogP) is 3.76. The number of para-hydroxylation sites is 1. The van der Waals surface area contributed by atoms with Crippen LogP contribution in [0.2, 0.25) is 0 Å². The molecule has 22 heavy (non-hydrogen) atoms. The standard InChI is InChI=1S/C16H13FN2O2S/c1-10-4-2-3-5-13(10)21-9-15(20)19-16-18-12-7-6-11(17)8-14(12)22-16/h2-8H,9H2,1H3,(H,18,19,20). The number of thiazole rings is 1. The van der Waals surface area contributed by atoms with Crippen LogP contribution in [0.5, 0.6) is 5.75 Å². The first-order valence-electron chi connectivity index (χ1n) is 6.66. The highest BCUT2D eigenvalue weighted by Gasteiger charge is 2.09. The van der Waals surface area contributed by atoms with E-state index >= 15 is 0 Å². The van der Waals surface area contributed by atoms with Gasteiger partial charge in [0.1, 0.15) is 11.6 Å². The Bertz CT molecular complexity index is 832. The predicted molar refractivity (Wildman–Crippen MR) is 84.9 cm³/mol. The summed E-state index contributed by atoms with van der Waals surface area (Å²) in [5.74, 6) is 0.0451. The first-order chi connectivity index (χ1) is 10.6. The topological polar surface area (TPSA) is 51.2 Å². The van der Waals surface area contributed by atoms with Crippen LogP contribution >= 0.6 is 11.3 Å². The molecule has 112 valence electrons. The number of aryl methyl sites for hydroxylation is 1. The number of fused-ring (bicyclic) bond motifs is 1. The van der Waals surface area contributed by atoms with Gasteiger partial charge in [-0.25, -0.2) is 9.37 Å². The summed E-state index contributed by atoms with van der Waals surface area (Å²) in [5, 5.41) is 3.09. The van der Waals surface area contributed by atoms with Gasteiger partial charge in [0.25, 0.3) is 5.91 Å². The highest BCUT2D eigenvalue weighted by Crippen LogP contribution is 2.26. The van der Waals surface area contributed by atoms with Crippen LogP contribution in [0, 0.1) is 12.7 Å². The van der Waals surface area contributed by atoms with Crippen molar-refractivity contribution in [2.24, 2.45) is 0 Å². The van der Waals surface area contributed by atoms with Gasteiger partial charge in [0, 0.05) is 0 Å². The van der Waals surface area contributed by atoms with Crippen molar-refractivity contribution in [3.05, 3.63) is 53.8 Å². The Morgan fingerprint density at radius 3 is 2.95 bits per heavy atom. The summed E-state index contributed by atoms with van der Waals surface area (Å²) >= 11 is 1.23. The number of amides is 1. The summed E-state index contributed by atoms with van der Waals surface area (Å²) in [6, 6.07) is 11.8. The quantitative estimate of drug-likeness (QED) is 0.797. The molecule has 1 aromatic heterocycles. The Morgan fingerprint density at radius 2 is 2.14 bits per heavy atom. The van der Waals surface area contributed by atoms with E-state index in [1.54, 1.807) is 6.07 Å². The molecule has 0 aliphatic rings. The first-order valence-corrected chi connectivity index (χ1v) is 7.48. The van der Waals surface area contributed by atoms with Crippen molar-refractivity contribution in [2.45, 2.75) is 6.92 Å². The largest absolute Gasteiger partial charge is 0.483 e. The number of carbonyl (C=O) groups excluding carboxylic acids is 1. The Kier molecular flexibility index (Phi) is 4.02. The van der Waals surface area contributed by atoms with E-state index < -0.39 is 0 Å². The van der Waals surface area contributed by atoms with Gasteiger partial charge in [-0.15, -0.1) is 0 Å². The zero-order valence-corrected chi connectivity index (χ0v) is 12.6. The number of ether oxygens (including phenoxy) is 1. The van der Waals surface area contributed by atoms with E-state index in [-0.39, 0.29) is 18.3 Å². The molecule has 0 aliphatic carbocycles. The van der Waals surface area contributed by atoms with Crippen LogP contribution in [-0.4, -0.2) is 17.5 Å². The highest BCUT2D eigenvalue weighted by atomic mass is 32.1. The van der Waals surface area contributed by atoms with Crippen molar-refractivity contribution in [3.8, 4) is 5.75 Å². The lowest BCUT2D eigenvalue weighted by atomic mass is 10.2. The van der Waals surface area contributed by atoms with Crippen molar-refractivity contribution in [1.29, 1.82) is 0 Å². The number of hydrogen-bond donors (Lipinski definition) is 1. The maximum absolute atomic E-state index is 13.1. The molecule has 1 N–H and O–H groups in total. The van der Waals surface area contributed by atoms with Gasteiger partial charge in [-0.05, 0) is 36.8 Å². The molecule has 4 nitrogen and oxygen atoms in total. The number of benzene rings is 2. The maximum Gasteiger partial charge on any atom is 0.264 e. The molecule has 6 heteroatoms. The van der Waals surface area contributed by atoms with Crippen LogP contribution in [0.15, 0.2) is 42.5 Å². The zero-order valence-electron chi connectivity index (χ0n) is 11.8. The fraction of sp³-hybridized carbons (Fsp3) is 0.125.